The first kappa shape index (κ1) is 17.5. The lowest BCUT2D eigenvalue weighted by molar-refractivity contribution is 0.0947. The Morgan fingerprint density at radius 3 is 2.00 bits per heavy atom. The molecule has 0 saturated heterocycles. The largest absolute Gasteiger partial charge is 0.350 e. The molecule has 1 amide bonds. The molecule has 25 heavy (non-hydrogen) atoms. The molecule has 3 aromatic rings. The maximum absolute atomic E-state index is 12.5. The normalized spacial score (nSPS) is 10.7. The van der Waals surface area contributed by atoms with Gasteiger partial charge in [0.15, 0.2) is 0 Å². The zero-order valence-corrected chi connectivity index (χ0v) is 14.8. The Hall–Kier alpha value is -2.36. The number of hydrogen-bond donors (Lipinski definition) is 1. The molecule has 0 aliphatic heterocycles. The molecule has 0 atom stereocenters. The van der Waals surface area contributed by atoms with Crippen LogP contribution in [-0.2, 0) is 0 Å². The van der Waals surface area contributed by atoms with Gasteiger partial charge in [-0.05, 0) is 23.3 Å². The molecular weight excluding hydrogens is 355 g/mol. The average Bonchev–Trinajstić information content (AvgIpc) is 2.65. The van der Waals surface area contributed by atoms with E-state index in [9.17, 15) is 4.79 Å². The molecule has 5 heteroatoms. The molecule has 0 spiro atoms. The van der Waals surface area contributed by atoms with Gasteiger partial charge in [-0.3, -0.25) is 4.79 Å². The summed E-state index contributed by atoms with van der Waals surface area (Å²) in [6.07, 6.45) is 0. The number of amides is 1. The van der Waals surface area contributed by atoms with Gasteiger partial charge < -0.3 is 5.32 Å². The van der Waals surface area contributed by atoms with Crippen molar-refractivity contribution in [3.05, 3.63) is 99.8 Å². The Balaban J connectivity index is 1.82. The van der Waals surface area contributed by atoms with Crippen molar-refractivity contribution in [2.24, 2.45) is 0 Å². The van der Waals surface area contributed by atoms with Gasteiger partial charge in [-0.25, -0.2) is 4.98 Å². The summed E-state index contributed by atoms with van der Waals surface area (Å²) in [5, 5.41) is 3.43. The van der Waals surface area contributed by atoms with E-state index in [1.54, 1.807) is 12.1 Å². The SMILES string of the molecule is O=C(NCC(c1ccccc1)c1ccccc1)c1nc(Cl)ccc1Cl. The van der Waals surface area contributed by atoms with Gasteiger partial charge in [-0.15, -0.1) is 0 Å². The first-order valence-electron chi connectivity index (χ1n) is 7.85. The number of benzene rings is 2. The van der Waals surface area contributed by atoms with Crippen LogP contribution in [0.1, 0.15) is 27.5 Å². The Morgan fingerprint density at radius 1 is 0.880 bits per heavy atom. The fourth-order valence-electron chi connectivity index (χ4n) is 2.65. The molecule has 0 aliphatic rings. The molecule has 0 unspecified atom stereocenters. The number of carbonyl (C=O) groups is 1. The topological polar surface area (TPSA) is 42.0 Å². The van der Waals surface area contributed by atoms with E-state index in [-0.39, 0.29) is 27.7 Å². The lowest BCUT2D eigenvalue weighted by Gasteiger charge is -2.19. The third-order valence-corrected chi connectivity index (χ3v) is 4.41. The summed E-state index contributed by atoms with van der Waals surface area (Å²) in [6.45, 7) is 0.428. The number of pyridine rings is 1. The molecule has 0 aliphatic carbocycles. The minimum Gasteiger partial charge on any atom is -0.350 e. The fourth-order valence-corrected chi connectivity index (χ4v) is 2.99. The van der Waals surface area contributed by atoms with Crippen LogP contribution in [0.5, 0.6) is 0 Å². The van der Waals surface area contributed by atoms with Crippen LogP contribution in [0.15, 0.2) is 72.8 Å². The number of nitrogens with one attached hydrogen (secondary N) is 1. The monoisotopic (exact) mass is 370 g/mol. The van der Waals surface area contributed by atoms with Crippen LogP contribution in [0.3, 0.4) is 0 Å². The molecule has 3 nitrogen and oxygen atoms in total. The lowest BCUT2D eigenvalue weighted by atomic mass is 9.91. The zero-order valence-electron chi connectivity index (χ0n) is 13.3. The van der Waals surface area contributed by atoms with E-state index in [1.165, 1.54) is 0 Å². The summed E-state index contributed by atoms with van der Waals surface area (Å²) < 4.78 is 0. The molecular formula is C20H16Cl2N2O. The van der Waals surface area contributed by atoms with Gasteiger partial charge >= 0.3 is 0 Å². The fraction of sp³-hybridized carbons (Fsp3) is 0.100. The third kappa shape index (κ3) is 4.38. The molecule has 126 valence electrons. The van der Waals surface area contributed by atoms with Gasteiger partial charge in [-0.2, -0.15) is 0 Å². The number of rotatable bonds is 5. The Morgan fingerprint density at radius 2 is 1.44 bits per heavy atom. The number of nitrogens with zero attached hydrogens (tertiary/aromatic N) is 1. The molecule has 3 rings (SSSR count). The van der Waals surface area contributed by atoms with E-state index in [4.69, 9.17) is 23.2 Å². The second kappa shape index (κ2) is 8.15. The van der Waals surface area contributed by atoms with Crippen LogP contribution in [0.25, 0.3) is 0 Å². The summed E-state index contributed by atoms with van der Waals surface area (Å²) in [7, 11) is 0. The highest BCUT2D eigenvalue weighted by Gasteiger charge is 2.18. The van der Waals surface area contributed by atoms with Gasteiger partial charge in [0.25, 0.3) is 5.91 Å². The standard InChI is InChI=1S/C20H16Cl2N2O/c21-17-11-12-18(22)24-19(17)20(25)23-13-16(14-7-3-1-4-8-14)15-9-5-2-6-10-15/h1-12,16H,13H2,(H,23,25). The maximum Gasteiger partial charge on any atom is 0.271 e. The van der Waals surface area contributed by atoms with Crippen LogP contribution in [-0.4, -0.2) is 17.4 Å². The van der Waals surface area contributed by atoms with E-state index in [1.807, 2.05) is 36.4 Å². The number of hydrogen-bond acceptors (Lipinski definition) is 2. The highest BCUT2D eigenvalue weighted by molar-refractivity contribution is 6.34. The zero-order chi connectivity index (χ0) is 17.6. The lowest BCUT2D eigenvalue weighted by Crippen LogP contribution is -2.29. The van der Waals surface area contributed by atoms with E-state index in [2.05, 4.69) is 34.6 Å². The molecule has 0 saturated carbocycles. The van der Waals surface area contributed by atoms with Crippen molar-refractivity contribution in [3.63, 3.8) is 0 Å². The molecule has 1 aromatic heterocycles. The Kier molecular flexibility index (Phi) is 5.69. The number of aromatic nitrogens is 1. The van der Waals surface area contributed by atoms with Crippen LogP contribution in [0, 0.1) is 0 Å². The minimum atomic E-state index is -0.343. The highest BCUT2D eigenvalue weighted by Crippen LogP contribution is 2.24. The predicted molar refractivity (Wildman–Crippen MR) is 101 cm³/mol. The predicted octanol–water partition coefficient (Wildman–Crippen LogP) is 4.95. The molecule has 2 aromatic carbocycles. The van der Waals surface area contributed by atoms with Gasteiger partial charge in [0.2, 0.25) is 0 Å². The summed E-state index contributed by atoms with van der Waals surface area (Å²) in [5.74, 6) is -0.311. The molecule has 0 bridgehead atoms. The van der Waals surface area contributed by atoms with Gasteiger partial charge in [-0.1, -0.05) is 83.9 Å². The van der Waals surface area contributed by atoms with Crippen molar-refractivity contribution in [1.82, 2.24) is 10.3 Å². The molecule has 0 radical (unpaired) electrons. The first-order valence-corrected chi connectivity index (χ1v) is 8.61. The van der Waals surface area contributed by atoms with Crippen molar-refractivity contribution in [3.8, 4) is 0 Å². The second-order valence-corrected chi connectivity index (χ2v) is 6.34. The molecule has 1 heterocycles. The number of carbonyl (C=O) groups excluding carboxylic acids is 1. The summed E-state index contributed by atoms with van der Waals surface area (Å²) in [6, 6.07) is 23.2. The van der Waals surface area contributed by atoms with Crippen LogP contribution in [0.2, 0.25) is 10.2 Å². The minimum absolute atomic E-state index is 0.0318. The first-order chi connectivity index (χ1) is 12.1. The van der Waals surface area contributed by atoms with Crippen molar-refractivity contribution in [1.29, 1.82) is 0 Å². The Labute approximate surface area is 156 Å². The smallest absolute Gasteiger partial charge is 0.271 e. The summed E-state index contributed by atoms with van der Waals surface area (Å²) >= 11 is 11.9. The van der Waals surface area contributed by atoms with Gasteiger partial charge in [0, 0.05) is 12.5 Å². The van der Waals surface area contributed by atoms with Crippen molar-refractivity contribution >= 4 is 29.1 Å². The quantitative estimate of drug-likeness (QED) is 0.645. The van der Waals surface area contributed by atoms with E-state index < -0.39 is 0 Å². The van der Waals surface area contributed by atoms with Crippen molar-refractivity contribution in [2.75, 3.05) is 6.54 Å². The Bertz CT molecular complexity index is 815. The van der Waals surface area contributed by atoms with Crippen LogP contribution in [0.4, 0.5) is 0 Å². The number of halogens is 2. The van der Waals surface area contributed by atoms with E-state index in [0.717, 1.165) is 11.1 Å². The van der Waals surface area contributed by atoms with Crippen molar-refractivity contribution < 1.29 is 4.79 Å². The van der Waals surface area contributed by atoms with Gasteiger partial charge in [0.1, 0.15) is 10.8 Å². The summed E-state index contributed by atoms with van der Waals surface area (Å²) in [5.41, 5.74) is 2.38. The molecule has 0 fully saturated rings. The molecule has 1 N–H and O–H groups in total. The highest BCUT2D eigenvalue weighted by atomic mass is 35.5. The second-order valence-electron chi connectivity index (χ2n) is 5.55. The van der Waals surface area contributed by atoms with Crippen LogP contribution < -0.4 is 5.32 Å². The van der Waals surface area contributed by atoms with Crippen molar-refractivity contribution in [2.45, 2.75) is 5.92 Å². The van der Waals surface area contributed by atoms with Crippen LogP contribution >= 0.6 is 23.2 Å². The van der Waals surface area contributed by atoms with Gasteiger partial charge in [0.05, 0.1) is 5.02 Å². The third-order valence-electron chi connectivity index (χ3n) is 3.90. The maximum atomic E-state index is 12.5. The van der Waals surface area contributed by atoms with E-state index in [0.29, 0.717) is 6.54 Å². The average molecular weight is 371 g/mol. The summed E-state index contributed by atoms with van der Waals surface area (Å²) in [4.78, 5) is 16.5. The van der Waals surface area contributed by atoms with E-state index >= 15 is 0 Å².